The highest BCUT2D eigenvalue weighted by atomic mass is 32.2. The second-order valence-corrected chi connectivity index (χ2v) is 7.12. The Hall–Kier alpha value is -1.72. The fourth-order valence-corrected chi connectivity index (χ4v) is 3.89. The lowest BCUT2D eigenvalue weighted by molar-refractivity contribution is 0.586. The van der Waals surface area contributed by atoms with Crippen LogP contribution in [0.15, 0.2) is 41.3 Å². The van der Waals surface area contributed by atoms with E-state index in [1.54, 1.807) is 31.2 Å². The van der Waals surface area contributed by atoms with Gasteiger partial charge in [-0.2, -0.15) is 0 Å². The minimum atomic E-state index is -3.57. The second-order valence-electron chi connectivity index (χ2n) is 5.16. The van der Waals surface area contributed by atoms with Gasteiger partial charge in [0.2, 0.25) is 0 Å². The van der Waals surface area contributed by atoms with Gasteiger partial charge in [-0.1, -0.05) is 29.8 Å². The molecule has 2 aromatic rings. The predicted molar refractivity (Wildman–Crippen MR) is 81.1 cm³/mol. The minimum Gasteiger partial charge on any atom is -0.326 e. The number of rotatable bonds is 4. The first-order chi connectivity index (χ1) is 9.83. The Morgan fingerprint density at radius 3 is 2.38 bits per heavy atom. The van der Waals surface area contributed by atoms with Gasteiger partial charge in [0.1, 0.15) is 5.82 Å². The lowest BCUT2D eigenvalue weighted by Gasteiger charge is -2.10. The predicted octanol–water partition coefficient (Wildman–Crippen LogP) is 2.88. The molecule has 3 nitrogen and oxygen atoms in total. The van der Waals surface area contributed by atoms with Crippen molar-refractivity contribution in [2.24, 2.45) is 5.73 Å². The molecule has 2 N–H and O–H groups in total. The zero-order chi connectivity index (χ0) is 15.6. The number of hydrogen-bond acceptors (Lipinski definition) is 3. The summed E-state index contributed by atoms with van der Waals surface area (Å²) < 4.78 is 38.8. The van der Waals surface area contributed by atoms with E-state index in [9.17, 15) is 12.8 Å². The summed E-state index contributed by atoms with van der Waals surface area (Å²) in [5.41, 5.74) is 7.90. The molecule has 0 unspecified atom stereocenters. The van der Waals surface area contributed by atoms with Crippen LogP contribution in [0.25, 0.3) is 0 Å². The third-order valence-electron chi connectivity index (χ3n) is 3.36. The molecular formula is C16H18FNO2S. The molecule has 2 rings (SSSR count). The zero-order valence-electron chi connectivity index (χ0n) is 12.1. The molecule has 0 aromatic heterocycles. The molecule has 0 aliphatic rings. The van der Waals surface area contributed by atoms with Crippen LogP contribution in [0.5, 0.6) is 0 Å². The molecule has 0 atom stereocenters. The molecule has 2 aromatic carbocycles. The van der Waals surface area contributed by atoms with Crippen molar-refractivity contribution in [1.82, 2.24) is 0 Å². The highest BCUT2D eigenvalue weighted by Crippen LogP contribution is 2.22. The normalized spacial score (nSPS) is 11.6. The van der Waals surface area contributed by atoms with Crippen LogP contribution in [-0.4, -0.2) is 8.42 Å². The Morgan fingerprint density at radius 1 is 1.10 bits per heavy atom. The Balaban J connectivity index is 2.37. The van der Waals surface area contributed by atoms with E-state index in [2.05, 4.69) is 0 Å². The molecule has 0 radical (unpaired) electrons. The van der Waals surface area contributed by atoms with Crippen LogP contribution >= 0.6 is 0 Å². The monoisotopic (exact) mass is 307 g/mol. The van der Waals surface area contributed by atoms with Gasteiger partial charge in [0, 0.05) is 12.1 Å². The average molecular weight is 307 g/mol. The first-order valence-electron chi connectivity index (χ1n) is 6.61. The van der Waals surface area contributed by atoms with E-state index in [4.69, 9.17) is 5.73 Å². The van der Waals surface area contributed by atoms with Gasteiger partial charge in [0.05, 0.1) is 10.6 Å². The molecule has 112 valence electrons. The zero-order valence-corrected chi connectivity index (χ0v) is 12.9. The molecule has 21 heavy (non-hydrogen) atoms. The molecule has 0 aliphatic carbocycles. The number of aryl methyl sites for hydroxylation is 2. The van der Waals surface area contributed by atoms with Crippen LogP contribution in [0.2, 0.25) is 0 Å². The maximum absolute atomic E-state index is 13.9. The largest absolute Gasteiger partial charge is 0.326 e. The summed E-state index contributed by atoms with van der Waals surface area (Å²) in [6, 6.07) is 9.54. The third kappa shape index (κ3) is 3.49. The van der Waals surface area contributed by atoms with Gasteiger partial charge in [-0.05, 0) is 37.1 Å². The molecule has 0 saturated heterocycles. The topological polar surface area (TPSA) is 60.2 Å². The third-order valence-corrected chi connectivity index (χ3v) is 5.18. The van der Waals surface area contributed by atoms with Gasteiger partial charge < -0.3 is 5.73 Å². The van der Waals surface area contributed by atoms with Crippen molar-refractivity contribution in [2.75, 3.05) is 0 Å². The lowest BCUT2D eigenvalue weighted by atomic mass is 10.1. The second kappa shape index (κ2) is 5.95. The number of sulfone groups is 1. The summed E-state index contributed by atoms with van der Waals surface area (Å²) in [7, 11) is -3.57. The van der Waals surface area contributed by atoms with Crippen LogP contribution in [0.1, 0.15) is 22.3 Å². The van der Waals surface area contributed by atoms with Gasteiger partial charge in [0.15, 0.2) is 9.84 Å². The standard InChI is InChI=1S/C16H18FNO2S/c1-11-3-6-16(12(2)7-11)21(19,20)10-14-5-4-13(9-18)8-15(14)17/h3-8H,9-10,18H2,1-2H3. The van der Waals surface area contributed by atoms with Crippen molar-refractivity contribution < 1.29 is 12.8 Å². The van der Waals surface area contributed by atoms with Gasteiger partial charge in [0.25, 0.3) is 0 Å². The Bertz CT molecular complexity index is 770. The number of halogens is 1. The molecule has 0 amide bonds. The van der Waals surface area contributed by atoms with Crippen molar-refractivity contribution >= 4 is 9.84 Å². The SMILES string of the molecule is Cc1ccc(S(=O)(=O)Cc2ccc(CN)cc2F)c(C)c1. The van der Waals surface area contributed by atoms with Crippen LogP contribution in [0.3, 0.4) is 0 Å². The molecule has 0 spiro atoms. The van der Waals surface area contributed by atoms with Crippen LogP contribution in [-0.2, 0) is 22.1 Å². The number of hydrogen-bond donors (Lipinski definition) is 1. The molecular weight excluding hydrogens is 289 g/mol. The quantitative estimate of drug-likeness (QED) is 0.945. The van der Waals surface area contributed by atoms with E-state index in [0.29, 0.717) is 11.1 Å². The van der Waals surface area contributed by atoms with Crippen LogP contribution in [0, 0.1) is 19.7 Å². The van der Waals surface area contributed by atoms with Gasteiger partial charge >= 0.3 is 0 Å². The Kier molecular flexibility index (Phi) is 4.44. The van der Waals surface area contributed by atoms with Crippen LogP contribution in [0.4, 0.5) is 4.39 Å². The summed E-state index contributed by atoms with van der Waals surface area (Å²) >= 11 is 0. The maximum atomic E-state index is 13.9. The minimum absolute atomic E-state index is 0.159. The van der Waals surface area contributed by atoms with Gasteiger partial charge in [-0.15, -0.1) is 0 Å². The van der Waals surface area contributed by atoms with Gasteiger partial charge in [-0.3, -0.25) is 0 Å². The smallest absolute Gasteiger partial charge is 0.182 e. The van der Waals surface area contributed by atoms with E-state index < -0.39 is 15.7 Å². The van der Waals surface area contributed by atoms with Crippen molar-refractivity contribution in [3.63, 3.8) is 0 Å². The maximum Gasteiger partial charge on any atom is 0.182 e. The van der Waals surface area contributed by atoms with Crippen molar-refractivity contribution in [1.29, 1.82) is 0 Å². The van der Waals surface area contributed by atoms with E-state index >= 15 is 0 Å². The number of nitrogens with two attached hydrogens (primary N) is 1. The van der Waals surface area contributed by atoms with E-state index in [0.717, 1.165) is 5.56 Å². The van der Waals surface area contributed by atoms with E-state index in [1.807, 2.05) is 6.92 Å². The Morgan fingerprint density at radius 2 is 1.81 bits per heavy atom. The Labute approximate surface area is 124 Å². The van der Waals surface area contributed by atoms with Crippen LogP contribution < -0.4 is 5.73 Å². The van der Waals surface area contributed by atoms with E-state index in [-0.39, 0.29) is 22.8 Å². The average Bonchev–Trinajstić information content (AvgIpc) is 2.40. The molecule has 5 heteroatoms. The fraction of sp³-hybridized carbons (Fsp3) is 0.250. The fourth-order valence-electron chi connectivity index (χ4n) is 2.27. The lowest BCUT2D eigenvalue weighted by Crippen LogP contribution is -2.09. The first kappa shape index (κ1) is 15.7. The highest BCUT2D eigenvalue weighted by molar-refractivity contribution is 7.90. The van der Waals surface area contributed by atoms with E-state index in [1.165, 1.54) is 12.1 Å². The number of benzene rings is 2. The summed E-state index contributed by atoms with van der Waals surface area (Å²) in [4.78, 5) is 0.246. The molecule has 0 heterocycles. The summed E-state index contributed by atoms with van der Waals surface area (Å²) in [5, 5.41) is 0. The summed E-state index contributed by atoms with van der Waals surface area (Å²) in [5.74, 6) is -0.889. The summed E-state index contributed by atoms with van der Waals surface area (Å²) in [6.07, 6.45) is 0. The summed E-state index contributed by atoms with van der Waals surface area (Å²) in [6.45, 7) is 3.86. The highest BCUT2D eigenvalue weighted by Gasteiger charge is 2.19. The first-order valence-corrected chi connectivity index (χ1v) is 8.26. The van der Waals surface area contributed by atoms with Crippen molar-refractivity contribution in [3.05, 3.63) is 64.5 Å². The molecule has 0 fully saturated rings. The molecule has 0 saturated carbocycles. The van der Waals surface area contributed by atoms with Crippen molar-refractivity contribution in [2.45, 2.75) is 31.0 Å². The van der Waals surface area contributed by atoms with Gasteiger partial charge in [-0.25, -0.2) is 12.8 Å². The van der Waals surface area contributed by atoms with Crippen molar-refractivity contribution in [3.8, 4) is 0 Å². The molecule has 0 bridgehead atoms. The molecule has 0 aliphatic heterocycles.